The molecule has 1 fully saturated rings. The van der Waals surface area contributed by atoms with Gasteiger partial charge in [-0.25, -0.2) is 9.69 Å². The van der Waals surface area contributed by atoms with E-state index in [1.54, 1.807) is 12.1 Å². The molecular formula is C18H19N3O5. The number of urea groups is 1. The summed E-state index contributed by atoms with van der Waals surface area (Å²) in [6.07, 6.45) is 2.44. The monoisotopic (exact) mass is 357 g/mol. The quantitative estimate of drug-likeness (QED) is 0.329. The van der Waals surface area contributed by atoms with Gasteiger partial charge < -0.3 is 5.32 Å². The number of hydrogen-bond acceptors (Lipinski definition) is 5. The highest BCUT2D eigenvalue weighted by Crippen LogP contribution is 2.15. The summed E-state index contributed by atoms with van der Waals surface area (Å²) >= 11 is 0. The number of ketones is 1. The summed E-state index contributed by atoms with van der Waals surface area (Å²) in [5.74, 6) is -2.63. The van der Waals surface area contributed by atoms with Gasteiger partial charge in [0.1, 0.15) is 0 Å². The summed E-state index contributed by atoms with van der Waals surface area (Å²) in [5, 5.41) is 2.69. The van der Waals surface area contributed by atoms with E-state index in [0.29, 0.717) is 17.0 Å². The molecule has 1 heterocycles. The van der Waals surface area contributed by atoms with Crippen LogP contribution in [-0.4, -0.2) is 52.4 Å². The van der Waals surface area contributed by atoms with Crippen molar-refractivity contribution in [3.8, 4) is 0 Å². The number of benzene rings is 1. The van der Waals surface area contributed by atoms with E-state index >= 15 is 0 Å². The van der Waals surface area contributed by atoms with Crippen LogP contribution in [0.25, 0.3) is 0 Å². The Kier molecular flexibility index (Phi) is 6.00. The van der Waals surface area contributed by atoms with E-state index in [-0.39, 0.29) is 18.0 Å². The Bertz CT molecular complexity index is 770. The molecule has 0 atom stereocenters. The van der Waals surface area contributed by atoms with Gasteiger partial charge in [0, 0.05) is 24.2 Å². The van der Waals surface area contributed by atoms with Gasteiger partial charge in [-0.05, 0) is 30.7 Å². The predicted octanol–water partition coefficient (Wildman–Crippen LogP) is 1.58. The molecule has 0 spiro atoms. The minimum Gasteiger partial charge on any atom is -0.326 e. The number of anilines is 1. The maximum absolute atomic E-state index is 12.3. The molecule has 1 aromatic rings. The fourth-order valence-electron chi connectivity index (χ4n) is 2.40. The lowest BCUT2D eigenvalue weighted by Gasteiger charge is -2.13. The molecule has 0 saturated carbocycles. The molecule has 1 saturated heterocycles. The van der Waals surface area contributed by atoms with Crippen molar-refractivity contribution in [3.05, 3.63) is 42.5 Å². The van der Waals surface area contributed by atoms with E-state index in [2.05, 4.69) is 11.9 Å². The lowest BCUT2D eigenvalue weighted by molar-refractivity contribution is -0.142. The van der Waals surface area contributed by atoms with Gasteiger partial charge >= 0.3 is 17.8 Å². The van der Waals surface area contributed by atoms with E-state index in [4.69, 9.17) is 0 Å². The van der Waals surface area contributed by atoms with Crippen LogP contribution in [0.15, 0.2) is 36.9 Å². The zero-order valence-corrected chi connectivity index (χ0v) is 14.4. The Morgan fingerprint density at radius 1 is 1.08 bits per heavy atom. The SMILES string of the molecule is C=CCN1C(=O)C(=O)N(CC(=O)c2ccc(NC(=O)CCC)cc2)C1=O. The fourth-order valence-corrected chi connectivity index (χ4v) is 2.40. The van der Waals surface area contributed by atoms with Gasteiger partial charge in [-0.2, -0.15) is 0 Å². The van der Waals surface area contributed by atoms with Crippen LogP contribution in [-0.2, 0) is 14.4 Å². The first-order valence-corrected chi connectivity index (χ1v) is 8.10. The maximum atomic E-state index is 12.3. The number of nitrogens with one attached hydrogen (secondary N) is 1. The Hall–Kier alpha value is -3.29. The zero-order valence-electron chi connectivity index (χ0n) is 14.4. The highest BCUT2D eigenvalue weighted by Gasteiger charge is 2.44. The van der Waals surface area contributed by atoms with Crippen molar-refractivity contribution in [2.75, 3.05) is 18.4 Å². The molecule has 0 bridgehead atoms. The van der Waals surface area contributed by atoms with Crippen molar-refractivity contribution < 1.29 is 24.0 Å². The minimum atomic E-state index is -1.03. The molecule has 0 aromatic heterocycles. The normalized spacial score (nSPS) is 14.0. The number of hydrogen-bond donors (Lipinski definition) is 1. The Morgan fingerprint density at radius 2 is 1.69 bits per heavy atom. The second-order valence-electron chi connectivity index (χ2n) is 5.68. The molecule has 26 heavy (non-hydrogen) atoms. The van der Waals surface area contributed by atoms with Crippen molar-refractivity contribution in [1.82, 2.24) is 9.80 Å². The Labute approximate surface area is 150 Å². The van der Waals surface area contributed by atoms with Gasteiger partial charge in [-0.15, -0.1) is 6.58 Å². The fraction of sp³-hybridized carbons (Fsp3) is 0.278. The molecule has 8 nitrogen and oxygen atoms in total. The number of amides is 5. The first-order chi connectivity index (χ1) is 12.4. The van der Waals surface area contributed by atoms with Crippen molar-refractivity contribution in [3.63, 3.8) is 0 Å². The molecule has 5 amide bonds. The molecule has 136 valence electrons. The molecule has 1 aliphatic rings. The number of carbonyl (C=O) groups is 5. The topological polar surface area (TPSA) is 104 Å². The van der Waals surface area contributed by atoms with E-state index in [1.165, 1.54) is 18.2 Å². The van der Waals surface area contributed by atoms with Crippen molar-refractivity contribution in [1.29, 1.82) is 0 Å². The predicted molar refractivity (Wildman–Crippen MR) is 93.3 cm³/mol. The average Bonchev–Trinajstić information content (AvgIpc) is 2.81. The molecule has 0 aliphatic carbocycles. The Morgan fingerprint density at radius 3 is 2.27 bits per heavy atom. The lowest BCUT2D eigenvalue weighted by atomic mass is 10.1. The number of rotatable bonds is 8. The molecular weight excluding hydrogens is 338 g/mol. The molecule has 2 rings (SSSR count). The van der Waals surface area contributed by atoms with Crippen LogP contribution in [0.3, 0.4) is 0 Å². The molecule has 1 N–H and O–H groups in total. The molecule has 1 aliphatic heterocycles. The van der Waals surface area contributed by atoms with Crippen LogP contribution in [0.1, 0.15) is 30.1 Å². The van der Waals surface area contributed by atoms with Gasteiger partial charge in [-0.1, -0.05) is 13.0 Å². The standard InChI is InChI=1S/C18H19N3O5/c1-3-5-15(23)19-13-8-6-12(7-9-13)14(22)11-21-17(25)16(24)20(10-4-2)18(21)26/h4,6-9H,2-3,5,10-11H2,1H3,(H,19,23). The van der Waals surface area contributed by atoms with Crippen molar-refractivity contribution >= 4 is 35.2 Å². The van der Waals surface area contributed by atoms with Crippen LogP contribution >= 0.6 is 0 Å². The lowest BCUT2D eigenvalue weighted by Crippen LogP contribution is -2.37. The largest absolute Gasteiger partial charge is 0.334 e. The van der Waals surface area contributed by atoms with E-state index in [0.717, 1.165) is 11.3 Å². The van der Waals surface area contributed by atoms with Crippen LogP contribution in [0.2, 0.25) is 0 Å². The van der Waals surface area contributed by atoms with Crippen molar-refractivity contribution in [2.45, 2.75) is 19.8 Å². The zero-order chi connectivity index (χ0) is 19.3. The van der Waals surface area contributed by atoms with Crippen LogP contribution in [0.5, 0.6) is 0 Å². The maximum Gasteiger partial charge on any atom is 0.334 e. The number of carbonyl (C=O) groups excluding carboxylic acids is 5. The summed E-state index contributed by atoms with van der Waals surface area (Å²) in [6.45, 7) is 4.68. The van der Waals surface area contributed by atoms with E-state index < -0.39 is 30.2 Å². The van der Waals surface area contributed by atoms with Gasteiger partial charge in [-0.3, -0.25) is 24.1 Å². The molecule has 1 aromatic carbocycles. The van der Waals surface area contributed by atoms with Crippen LogP contribution in [0.4, 0.5) is 10.5 Å². The Balaban J connectivity index is 2.04. The third-order valence-electron chi connectivity index (χ3n) is 3.72. The van der Waals surface area contributed by atoms with Gasteiger partial charge in [0.05, 0.1) is 6.54 Å². The summed E-state index contributed by atoms with van der Waals surface area (Å²) < 4.78 is 0. The second kappa shape index (κ2) is 8.19. The van der Waals surface area contributed by atoms with Crippen molar-refractivity contribution in [2.24, 2.45) is 0 Å². The average molecular weight is 357 g/mol. The first kappa shape index (κ1) is 19.0. The number of Topliss-reactive ketones (excluding diaryl/α,β-unsaturated/α-hetero) is 1. The third kappa shape index (κ3) is 4.02. The van der Waals surface area contributed by atoms with E-state index in [9.17, 15) is 24.0 Å². The number of imide groups is 2. The second-order valence-corrected chi connectivity index (χ2v) is 5.68. The van der Waals surface area contributed by atoms with Gasteiger partial charge in [0.2, 0.25) is 5.91 Å². The first-order valence-electron chi connectivity index (χ1n) is 8.10. The summed E-state index contributed by atoms with van der Waals surface area (Å²) in [4.78, 5) is 60.9. The summed E-state index contributed by atoms with van der Waals surface area (Å²) in [5.41, 5.74) is 0.800. The summed E-state index contributed by atoms with van der Waals surface area (Å²) in [7, 11) is 0. The van der Waals surface area contributed by atoms with E-state index in [1.807, 2.05) is 6.92 Å². The van der Waals surface area contributed by atoms with Crippen LogP contribution in [0, 0.1) is 0 Å². The van der Waals surface area contributed by atoms with Gasteiger partial charge in [0.25, 0.3) is 0 Å². The minimum absolute atomic E-state index is 0.0970. The molecule has 0 unspecified atom stereocenters. The smallest absolute Gasteiger partial charge is 0.326 e. The highest BCUT2D eigenvalue weighted by molar-refractivity contribution is 6.45. The molecule has 0 radical (unpaired) electrons. The van der Waals surface area contributed by atoms with Gasteiger partial charge in [0.15, 0.2) is 5.78 Å². The van der Waals surface area contributed by atoms with Crippen LogP contribution < -0.4 is 5.32 Å². The number of nitrogens with zero attached hydrogens (tertiary/aromatic N) is 2. The third-order valence-corrected chi connectivity index (χ3v) is 3.72. The summed E-state index contributed by atoms with van der Waals surface area (Å²) in [6, 6.07) is 5.25. The highest BCUT2D eigenvalue weighted by atomic mass is 16.2. The molecule has 8 heteroatoms.